The van der Waals surface area contributed by atoms with Crippen molar-refractivity contribution in [3.05, 3.63) is 82.0 Å². The van der Waals surface area contributed by atoms with Crippen molar-refractivity contribution in [3.8, 4) is 11.1 Å². The van der Waals surface area contributed by atoms with Crippen molar-refractivity contribution in [1.29, 1.82) is 0 Å². The fourth-order valence-corrected chi connectivity index (χ4v) is 5.14. The zero-order valence-corrected chi connectivity index (χ0v) is 16.7. The highest BCUT2D eigenvalue weighted by molar-refractivity contribution is 7.08. The van der Waals surface area contributed by atoms with E-state index in [0.717, 1.165) is 44.6 Å². The molecule has 1 aromatic heterocycles. The van der Waals surface area contributed by atoms with Crippen LogP contribution in [0.15, 0.2) is 65.4 Å². The highest BCUT2D eigenvalue weighted by atomic mass is 32.1. The summed E-state index contributed by atoms with van der Waals surface area (Å²) >= 11 is 1.69. The molecule has 0 saturated carbocycles. The summed E-state index contributed by atoms with van der Waals surface area (Å²) < 4.78 is 0. The van der Waals surface area contributed by atoms with E-state index in [-0.39, 0.29) is 5.91 Å². The summed E-state index contributed by atoms with van der Waals surface area (Å²) in [6.45, 7) is 3.80. The van der Waals surface area contributed by atoms with Crippen LogP contribution in [0.2, 0.25) is 0 Å². The first kappa shape index (κ1) is 17.7. The number of benzene rings is 2. The van der Waals surface area contributed by atoms with Gasteiger partial charge in [0.15, 0.2) is 0 Å². The molecular formula is C24H24N2OS. The molecule has 0 bridgehead atoms. The molecule has 0 spiro atoms. The molecule has 0 N–H and O–H groups in total. The number of hydrogen-bond donors (Lipinski definition) is 0. The Bertz CT molecular complexity index is 965. The molecule has 1 amide bonds. The van der Waals surface area contributed by atoms with Crippen LogP contribution in [-0.4, -0.2) is 41.4 Å². The molecule has 4 heteroatoms. The van der Waals surface area contributed by atoms with E-state index < -0.39 is 0 Å². The third-order valence-corrected chi connectivity index (χ3v) is 6.80. The van der Waals surface area contributed by atoms with E-state index in [1.807, 2.05) is 17.0 Å². The molecule has 3 heterocycles. The molecule has 1 atom stereocenters. The summed E-state index contributed by atoms with van der Waals surface area (Å²) in [5.74, 6) is 0.164. The van der Waals surface area contributed by atoms with Gasteiger partial charge >= 0.3 is 0 Å². The van der Waals surface area contributed by atoms with Gasteiger partial charge in [-0.1, -0.05) is 36.4 Å². The minimum Gasteiger partial charge on any atom is -0.337 e. The first-order valence-electron chi connectivity index (χ1n) is 10.0. The molecule has 0 aliphatic carbocycles. The van der Waals surface area contributed by atoms with Crippen molar-refractivity contribution in [2.75, 3.05) is 19.6 Å². The molecular weight excluding hydrogens is 364 g/mol. The fourth-order valence-electron chi connectivity index (χ4n) is 4.47. The van der Waals surface area contributed by atoms with Crippen LogP contribution < -0.4 is 0 Å². The highest BCUT2D eigenvalue weighted by Gasteiger charge is 2.32. The van der Waals surface area contributed by atoms with Gasteiger partial charge in [0.25, 0.3) is 5.91 Å². The number of carbonyl (C=O) groups excluding carboxylic acids is 1. The first-order chi connectivity index (χ1) is 13.8. The Morgan fingerprint density at radius 1 is 0.929 bits per heavy atom. The molecule has 2 aliphatic heterocycles. The molecule has 3 nitrogen and oxygen atoms in total. The van der Waals surface area contributed by atoms with E-state index in [1.165, 1.54) is 22.3 Å². The van der Waals surface area contributed by atoms with Crippen LogP contribution in [0, 0.1) is 0 Å². The number of carbonyl (C=O) groups is 1. The first-order valence-corrected chi connectivity index (χ1v) is 10.9. The van der Waals surface area contributed by atoms with Gasteiger partial charge in [-0.2, -0.15) is 11.3 Å². The van der Waals surface area contributed by atoms with Gasteiger partial charge in [-0.05, 0) is 64.1 Å². The molecule has 0 radical (unpaired) electrons. The van der Waals surface area contributed by atoms with Crippen molar-refractivity contribution >= 4 is 17.2 Å². The third kappa shape index (κ3) is 3.38. The SMILES string of the molecule is O=C(c1ccc(-c2ccsc2)cc1)N1CCC(N2CCc3ccccc3C2)C1. The minimum absolute atomic E-state index is 0.164. The van der Waals surface area contributed by atoms with Crippen LogP contribution in [0.3, 0.4) is 0 Å². The van der Waals surface area contributed by atoms with E-state index in [0.29, 0.717) is 6.04 Å². The monoisotopic (exact) mass is 388 g/mol. The van der Waals surface area contributed by atoms with Crippen molar-refractivity contribution in [2.45, 2.75) is 25.4 Å². The average Bonchev–Trinajstić information content (AvgIpc) is 3.45. The largest absolute Gasteiger partial charge is 0.337 e. The summed E-state index contributed by atoms with van der Waals surface area (Å²) in [6.07, 6.45) is 2.19. The van der Waals surface area contributed by atoms with Crippen molar-refractivity contribution in [2.24, 2.45) is 0 Å². The lowest BCUT2D eigenvalue weighted by molar-refractivity contribution is 0.0773. The standard InChI is InChI=1S/C24H24N2OS/c27-24(20-7-5-19(6-8-20)22-11-14-28-17-22)26-13-10-23(16-26)25-12-9-18-3-1-2-4-21(18)15-25/h1-8,11,14,17,23H,9-10,12-13,15-16H2. The predicted molar refractivity (Wildman–Crippen MR) is 115 cm³/mol. The van der Waals surface area contributed by atoms with Crippen LogP contribution in [0.4, 0.5) is 0 Å². The summed E-state index contributed by atoms with van der Waals surface area (Å²) in [5, 5.41) is 4.22. The number of likely N-dealkylation sites (tertiary alicyclic amines) is 1. The van der Waals surface area contributed by atoms with E-state index in [2.05, 4.69) is 58.1 Å². The Morgan fingerprint density at radius 3 is 2.54 bits per heavy atom. The van der Waals surface area contributed by atoms with Crippen LogP contribution >= 0.6 is 11.3 Å². The number of nitrogens with zero attached hydrogens (tertiary/aromatic N) is 2. The van der Waals surface area contributed by atoms with E-state index >= 15 is 0 Å². The lowest BCUT2D eigenvalue weighted by Crippen LogP contribution is -2.41. The number of amides is 1. The number of fused-ring (bicyclic) bond motifs is 1. The van der Waals surface area contributed by atoms with E-state index in [9.17, 15) is 4.79 Å². The normalized spacial score (nSPS) is 19.6. The maximum Gasteiger partial charge on any atom is 0.253 e. The molecule has 2 aromatic carbocycles. The van der Waals surface area contributed by atoms with Gasteiger partial charge in [-0.25, -0.2) is 0 Å². The molecule has 142 valence electrons. The highest BCUT2D eigenvalue weighted by Crippen LogP contribution is 2.26. The molecule has 1 fully saturated rings. The van der Waals surface area contributed by atoms with Crippen LogP contribution in [-0.2, 0) is 13.0 Å². The lowest BCUT2D eigenvalue weighted by Gasteiger charge is -2.33. The number of hydrogen-bond acceptors (Lipinski definition) is 3. The van der Waals surface area contributed by atoms with E-state index in [1.54, 1.807) is 11.3 Å². The Balaban J connectivity index is 1.24. The van der Waals surface area contributed by atoms with Gasteiger partial charge in [-0.3, -0.25) is 9.69 Å². The fraction of sp³-hybridized carbons (Fsp3) is 0.292. The van der Waals surface area contributed by atoms with Gasteiger partial charge in [0, 0.05) is 37.8 Å². The second kappa shape index (κ2) is 7.53. The summed E-state index contributed by atoms with van der Waals surface area (Å²) in [4.78, 5) is 17.6. The van der Waals surface area contributed by atoms with Gasteiger partial charge in [0.05, 0.1) is 0 Å². The van der Waals surface area contributed by atoms with Gasteiger partial charge < -0.3 is 4.90 Å². The second-order valence-electron chi connectivity index (χ2n) is 7.77. The van der Waals surface area contributed by atoms with Gasteiger partial charge in [-0.15, -0.1) is 0 Å². The molecule has 28 heavy (non-hydrogen) atoms. The molecule has 3 aromatic rings. The Labute approximate surface area is 170 Å². The molecule has 1 saturated heterocycles. The smallest absolute Gasteiger partial charge is 0.253 e. The number of rotatable bonds is 3. The summed E-state index contributed by atoms with van der Waals surface area (Å²) in [7, 11) is 0. The van der Waals surface area contributed by atoms with Crippen LogP contribution in [0.25, 0.3) is 11.1 Å². The van der Waals surface area contributed by atoms with Gasteiger partial charge in [0.2, 0.25) is 0 Å². The number of thiophene rings is 1. The maximum absolute atomic E-state index is 13.0. The molecule has 2 aliphatic rings. The topological polar surface area (TPSA) is 23.6 Å². The summed E-state index contributed by atoms with van der Waals surface area (Å²) in [6, 6.07) is 19.4. The Kier molecular flexibility index (Phi) is 4.75. The average molecular weight is 389 g/mol. The molecule has 5 rings (SSSR count). The van der Waals surface area contributed by atoms with Crippen LogP contribution in [0.1, 0.15) is 27.9 Å². The lowest BCUT2D eigenvalue weighted by atomic mass is 9.98. The van der Waals surface area contributed by atoms with E-state index in [4.69, 9.17) is 0 Å². The minimum atomic E-state index is 0.164. The second-order valence-corrected chi connectivity index (χ2v) is 8.55. The van der Waals surface area contributed by atoms with Crippen molar-refractivity contribution < 1.29 is 4.79 Å². The zero-order chi connectivity index (χ0) is 18.9. The Hall–Kier alpha value is -2.43. The Morgan fingerprint density at radius 2 is 1.75 bits per heavy atom. The quantitative estimate of drug-likeness (QED) is 0.650. The third-order valence-electron chi connectivity index (χ3n) is 6.11. The molecule has 1 unspecified atom stereocenters. The maximum atomic E-state index is 13.0. The van der Waals surface area contributed by atoms with Crippen molar-refractivity contribution in [3.63, 3.8) is 0 Å². The van der Waals surface area contributed by atoms with Crippen molar-refractivity contribution in [1.82, 2.24) is 9.80 Å². The van der Waals surface area contributed by atoms with Crippen LogP contribution in [0.5, 0.6) is 0 Å². The van der Waals surface area contributed by atoms with Gasteiger partial charge in [0.1, 0.15) is 0 Å². The summed E-state index contributed by atoms with van der Waals surface area (Å²) in [5.41, 5.74) is 6.11. The predicted octanol–water partition coefficient (Wildman–Crippen LogP) is 4.69. The zero-order valence-electron chi connectivity index (χ0n) is 15.9.